The molecular formula is C11H8O2. The fraction of sp³-hybridized carbons (Fsp3) is 0.0909. The van der Waals surface area contributed by atoms with Crippen molar-refractivity contribution in [3.05, 3.63) is 23.3 Å². The molecule has 0 amide bonds. The van der Waals surface area contributed by atoms with Gasteiger partial charge in [-0.3, -0.25) is 0 Å². The second-order valence-corrected chi connectivity index (χ2v) is 2.41. The quantitative estimate of drug-likeness (QED) is 0.459. The predicted octanol–water partition coefficient (Wildman–Crippen LogP) is 1.45. The van der Waals surface area contributed by atoms with Crippen molar-refractivity contribution in [2.24, 2.45) is 0 Å². The van der Waals surface area contributed by atoms with Crippen molar-refractivity contribution in [2.45, 2.75) is 6.92 Å². The summed E-state index contributed by atoms with van der Waals surface area (Å²) in [4.78, 5) is 0. The van der Waals surface area contributed by atoms with E-state index in [1.165, 1.54) is 12.1 Å². The van der Waals surface area contributed by atoms with Crippen molar-refractivity contribution in [3.63, 3.8) is 0 Å². The van der Waals surface area contributed by atoms with Crippen LogP contribution in [0.25, 0.3) is 0 Å². The minimum atomic E-state index is -0.0435. The Morgan fingerprint density at radius 3 is 2.23 bits per heavy atom. The minimum absolute atomic E-state index is 0.0138. The molecule has 1 aromatic rings. The Labute approximate surface area is 76.8 Å². The van der Waals surface area contributed by atoms with Crippen LogP contribution >= 0.6 is 0 Å². The Hall–Kier alpha value is -2.06. The molecule has 13 heavy (non-hydrogen) atoms. The number of phenols is 2. The maximum Gasteiger partial charge on any atom is 0.132 e. The van der Waals surface area contributed by atoms with E-state index >= 15 is 0 Å². The number of terminal acetylenes is 1. The zero-order valence-electron chi connectivity index (χ0n) is 7.13. The first-order valence-electron chi connectivity index (χ1n) is 3.64. The molecule has 64 valence electrons. The lowest BCUT2D eigenvalue weighted by Gasteiger charge is -2.00. The van der Waals surface area contributed by atoms with E-state index in [-0.39, 0.29) is 17.1 Å². The van der Waals surface area contributed by atoms with Gasteiger partial charge in [0.1, 0.15) is 11.5 Å². The molecule has 0 aliphatic heterocycles. The summed E-state index contributed by atoms with van der Waals surface area (Å²) in [5.74, 6) is 7.45. The van der Waals surface area contributed by atoms with Crippen molar-refractivity contribution < 1.29 is 10.2 Å². The maximum absolute atomic E-state index is 9.37. The average molecular weight is 172 g/mol. The van der Waals surface area contributed by atoms with Crippen LogP contribution in [-0.4, -0.2) is 10.2 Å². The third-order valence-electron chi connectivity index (χ3n) is 1.53. The van der Waals surface area contributed by atoms with Gasteiger partial charge in [0.15, 0.2) is 0 Å². The minimum Gasteiger partial charge on any atom is -0.507 e. The molecule has 0 unspecified atom stereocenters. The zero-order chi connectivity index (χ0) is 9.84. The number of rotatable bonds is 0. The van der Waals surface area contributed by atoms with E-state index in [2.05, 4.69) is 17.8 Å². The highest BCUT2D eigenvalue weighted by Gasteiger charge is 2.04. The lowest BCUT2D eigenvalue weighted by Crippen LogP contribution is -1.81. The van der Waals surface area contributed by atoms with Gasteiger partial charge in [0, 0.05) is 12.1 Å². The monoisotopic (exact) mass is 172 g/mol. The van der Waals surface area contributed by atoms with E-state index in [1.54, 1.807) is 6.92 Å². The van der Waals surface area contributed by atoms with Gasteiger partial charge in [-0.05, 0) is 6.92 Å². The van der Waals surface area contributed by atoms with Gasteiger partial charge in [-0.15, -0.1) is 12.3 Å². The first-order valence-corrected chi connectivity index (χ1v) is 3.64. The lowest BCUT2D eigenvalue weighted by molar-refractivity contribution is 0.457. The topological polar surface area (TPSA) is 40.5 Å². The first kappa shape index (κ1) is 9.03. The molecule has 1 aromatic carbocycles. The summed E-state index contributed by atoms with van der Waals surface area (Å²) in [6, 6.07) is 2.66. The van der Waals surface area contributed by atoms with Crippen molar-refractivity contribution in [1.82, 2.24) is 0 Å². The standard InChI is InChI=1S/C11H8O2/c1-3-5-9-7-10(12)8(4-2)6-11(9)13/h2,6-7,12-13H,1H3. The van der Waals surface area contributed by atoms with Gasteiger partial charge in [-0.25, -0.2) is 0 Å². The fourth-order valence-electron chi connectivity index (χ4n) is 0.927. The van der Waals surface area contributed by atoms with Crippen LogP contribution in [-0.2, 0) is 0 Å². The summed E-state index contributed by atoms with van der Waals surface area (Å²) < 4.78 is 0. The van der Waals surface area contributed by atoms with Crippen LogP contribution in [0.2, 0.25) is 0 Å². The molecule has 0 saturated heterocycles. The largest absolute Gasteiger partial charge is 0.507 e. The van der Waals surface area contributed by atoms with Crippen molar-refractivity contribution >= 4 is 0 Å². The van der Waals surface area contributed by atoms with Crippen LogP contribution < -0.4 is 0 Å². The Morgan fingerprint density at radius 2 is 1.69 bits per heavy atom. The van der Waals surface area contributed by atoms with Crippen LogP contribution in [0.15, 0.2) is 12.1 Å². The maximum atomic E-state index is 9.37. The molecule has 0 bridgehead atoms. The SMILES string of the molecule is C#Cc1cc(O)c(C#CC)cc1O. The first-order chi connectivity index (χ1) is 6.19. The normalized spacial score (nSPS) is 8.31. The van der Waals surface area contributed by atoms with Gasteiger partial charge in [-0.2, -0.15) is 0 Å². The molecule has 0 heterocycles. The molecule has 0 atom stereocenters. The highest BCUT2D eigenvalue weighted by atomic mass is 16.3. The molecule has 0 spiro atoms. The van der Waals surface area contributed by atoms with E-state index in [0.29, 0.717) is 5.56 Å². The summed E-state index contributed by atoms with van der Waals surface area (Å²) in [6.45, 7) is 1.64. The van der Waals surface area contributed by atoms with Crippen LogP contribution in [0, 0.1) is 24.2 Å². The summed E-state index contributed by atoms with van der Waals surface area (Å²) in [6.07, 6.45) is 5.09. The fourth-order valence-corrected chi connectivity index (χ4v) is 0.927. The van der Waals surface area contributed by atoms with Crippen molar-refractivity contribution in [2.75, 3.05) is 0 Å². The van der Waals surface area contributed by atoms with Gasteiger partial charge in [0.25, 0.3) is 0 Å². The molecule has 0 aliphatic rings. The highest BCUT2D eigenvalue weighted by molar-refractivity contribution is 5.56. The molecule has 2 heteroatoms. The second-order valence-electron chi connectivity index (χ2n) is 2.41. The van der Waals surface area contributed by atoms with E-state index in [0.717, 1.165) is 0 Å². The van der Waals surface area contributed by atoms with Crippen LogP contribution in [0.1, 0.15) is 18.1 Å². The van der Waals surface area contributed by atoms with E-state index in [9.17, 15) is 10.2 Å². The Morgan fingerprint density at radius 1 is 1.15 bits per heavy atom. The summed E-state index contributed by atoms with van der Waals surface area (Å²) in [5, 5.41) is 18.7. The molecule has 0 fully saturated rings. The van der Waals surface area contributed by atoms with Crippen molar-refractivity contribution in [3.8, 4) is 35.7 Å². The molecule has 0 saturated carbocycles. The lowest BCUT2D eigenvalue weighted by atomic mass is 10.1. The van der Waals surface area contributed by atoms with Gasteiger partial charge in [0.05, 0.1) is 11.1 Å². The summed E-state index contributed by atoms with van der Waals surface area (Å²) in [5.41, 5.74) is 0.637. The number of aromatic hydroxyl groups is 2. The Balaban J connectivity index is 3.36. The van der Waals surface area contributed by atoms with Gasteiger partial charge < -0.3 is 10.2 Å². The van der Waals surface area contributed by atoms with E-state index in [1.807, 2.05) is 0 Å². The van der Waals surface area contributed by atoms with Crippen LogP contribution in [0.5, 0.6) is 11.5 Å². The predicted molar refractivity (Wildman–Crippen MR) is 50.3 cm³/mol. The zero-order valence-corrected chi connectivity index (χ0v) is 7.13. The Bertz CT molecular complexity index is 428. The molecule has 1 rings (SSSR count). The van der Waals surface area contributed by atoms with Gasteiger partial charge in [-0.1, -0.05) is 11.8 Å². The molecule has 0 aliphatic carbocycles. The number of hydrogen-bond donors (Lipinski definition) is 2. The van der Waals surface area contributed by atoms with E-state index < -0.39 is 0 Å². The molecule has 2 N–H and O–H groups in total. The molecule has 2 nitrogen and oxygen atoms in total. The summed E-state index contributed by atoms with van der Waals surface area (Å²) in [7, 11) is 0. The average Bonchev–Trinajstić information content (AvgIpc) is 2.11. The molecular weight excluding hydrogens is 164 g/mol. The third kappa shape index (κ3) is 1.75. The number of phenolic OH excluding ortho intramolecular Hbond substituents is 2. The van der Waals surface area contributed by atoms with Gasteiger partial charge in [0.2, 0.25) is 0 Å². The second kappa shape index (κ2) is 3.56. The summed E-state index contributed by atoms with van der Waals surface area (Å²) >= 11 is 0. The molecule has 0 radical (unpaired) electrons. The number of benzene rings is 1. The smallest absolute Gasteiger partial charge is 0.132 e. The molecule has 0 aromatic heterocycles. The highest BCUT2D eigenvalue weighted by Crippen LogP contribution is 2.25. The Kier molecular flexibility index (Phi) is 2.47. The van der Waals surface area contributed by atoms with Crippen molar-refractivity contribution in [1.29, 1.82) is 0 Å². The van der Waals surface area contributed by atoms with Gasteiger partial charge >= 0.3 is 0 Å². The van der Waals surface area contributed by atoms with Crippen LogP contribution in [0.4, 0.5) is 0 Å². The third-order valence-corrected chi connectivity index (χ3v) is 1.53. The van der Waals surface area contributed by atoms with Crippen LogP contribution in [0.3, 0.4) is 0 Å². The van der Waals surface area contributed by atoms with E-state index in [4.69, 9.17) is 6.42 Å². The number of hydrogen-bond acceptors (Lipinski definition) is 2.